The number of hydrogen-bond donors (Lipinski definition) is 1. The predicted molar refractivity (Wildman–Crippen MR) is 60.4 cm³/mol. The second kappa shape index (κ2) is 4.78. The van der Waals surface area contributed by atoms with E-state index in [2.05, 4.69) is 10.1 Å². The first-order valence-electron chi connectivity index (χ1n) is 5.26. The summed E-state index contributed by atoms with van der Waals surface area (Å²) in [5.74, 6) is -0.0294. The highest BCUT2D eigenvalue weighted by Gasteiger charge is 2.09. The fourth-order valence-corrected chi connectivity index (χ4v) is 1.47. The van der Waals surface area contributed by atoms with Crippen molar-refractivity contribution >= 4 is 5.97 Å². The molecule has 1 heterocycles. The van der Waals surface area contributed by atoms with Crippen LogP contribution < -0.4 is 0 Å². The summed E-state index contributed by atoms with van der Waals surface area (Å²) in [5, 5.41) is 12.4. The lowest BCUT2D eigenvalue weighted by molar-refractivity contribution is -0.137. The Morgan fingerprint density at radius 2 is 2.29 bits per heavy atom. The van der Waals surface area contributed by atoms with Crippen molar-refractivity contribution in [2.75, 3.05) is 0 Å². The van der Waals surface area contributed by atoms with Gasteiger partial charge in [-0.1, -0.05) is 28.9 Å². The van der Waals surface area contributed by atoms with E-state index in [4.69, 9.17) is 9.63 Å². The molecular formula is C12H12N2O3. The van der Waals surface area contributed by atoms with Crippen LogP contribution in [-0.4, -0.2) is 21.2 Å². The lowest BCUT2D eigenvalue weighted by Crippen LogP contribution is -1.97. The SMILES string of the molecule is Cc1cccc(-c2noc(CCC(=O)O)n2)c1. The lowest BCUT2D eigenvalue weighted by Gasteiger charge is -1.95. The molecule has 17 heavy (non-hydrogen) atoms. The van der Waals surface area contributed by atoms with E-state index in [-0.39, 0.29) is 12.8 Å². The zero-order chi connectivity index (χ0) is 12.3. The third-order valence-electron chi connectivity index (χ3n) is 2.30. The number of carboxylic acid groups (broad SMARTS) is 1. The summed E-state index contributed by atoms with van der Waals surface area (Å²) in [6, 6.07) is 7.73. The maximum atomic E-state index is 10.4. The average Bonchev–Trinajstić information content (AvgIpc) is 2.75. The molecule has 0 saturated carbocycles. The van der Waals surface area contributed by atoms with E-state index in [0.29, 0.717) is 11.7 Å². The molecule has 0 fully saturated rings. The monoisotopic (exact) mass is 232 g/mol. The van der Waals surface area contributed by atoms with Crippen molar-refractivity contribution in [1.82, 2.24) is 10.1 Å². The molecule has 0 saturated heterocycles. The van der Waals surface area contributed by atoms with E-state index in [1.54, 1.807) is 0 Å². The van der Waals surface area contributed by atoms with Gasteiger partial charge in [0.1, 0.15) is 0 Å². The van der Waals surface area contributed by atoms with Crippen molar-refractivity contribution in [3.05, 3.63) is 35.7 Å². The van der Waals surface area contributed by atoms with Crippen molar-refractivity contribution in [3.8, 4) is 11.4 Å². The van der Waals surface area contributed by atoms with E-state index < -0.39 is 5.97 Å². The van der Waals surface area contributed by atoms with Gasteiger partial charge in [0.05, 0.1) is 6.42 Å². The molecule has 5 heteroatoms. The van der Waals surface area contributed by atoms with E-state index in [1.165, 1.54) is 0 Å². The normalized spacial score (nSPS) is 10.4. The molecule has 0 aliphatic rings. The summed E-state index contributed by atoms with van der Waals surface area (Å²) >= 11 is 0. The minimum Gasteiger partial charge on any atom is -0.481 e. The van der Waals surface area contributed by atoms with Gasteiger partial charge in [-0.15, -0.1) is 0 Å². The lowest BCUT2D eigenvalue weighted by atomic mass is 10.1. The van der Waals surface area contributed by atoms with Crippen LogP contribution in [-0.2, 0) is 11.2 Å². The Morgan fingerprint density at radius 1 is 1.47 bits per heavy atom. The number of hydrogen-bond acceptors (Lipinski definition) is 4. The van der Waals surface area contributed by atoms with Crippen molar-refractivity contribution < 1.29 is 14.4 Å². The molecule has 1 N–H and O–H groups in total. The summed E-state index contributed by atoms with van der Waals surface area (Å²) in [7, 11) is 0. The smallest absolute Gasteiger partial charge is 0.303 e. The molecule has 0 bridgehead atoms. The summed E-state index contributed by atoms with van der Waals surface area (Å²) in [5.41, 5.74) is 1.98. The highest BCUT2D eigenvalue weighted by atomic mass is 16.5. The van der Waals surface area contributed by atoms with Crippen LogP contribution in [0.15, 0.2) is 28.8 Å². The number of aromatic nitrogens is 2. The van der Waals surface area contributed by atoms with Crippen molar-refractivity contribution in [2.24, 2.45) is 0 Å². The molecular weight excluding hydrogens is 220 g/mol. The minimum atomic E-state index is -0.875. The van der Waals surface area contributed by atoms with Gasteiger partial charge in [0, 0.05) is 12.0 Å². The van der Waals surface area contributed by atoms with E-state index in [9.17, 15) is 4.79 Å². The molecule has 0 aliphatic heterocycles. The Kier molecular flexibility index (Phi) is 3.18. The molecule has 0 unspecified atom stereocenters. The number of rotatable bonds is 4. The number of carboxylic acids is 1. The number of carbonyl (C=O) groups is 1. The molecule has 1 aromatic carbocycles. The Bertz CT molecular complexity index is 534. The predicted octanol–water partition coefficient (Wildman–Crippen LogP) is 2.06. The standard InChI is InChI=1S/C12H12N2O3/c1-8-3-2-4-9(7-8)12-13-10(17-14-12)5-6-11(15)16/h2-4,7H,5-6H2,1H3,(H,15,16). The largest absolute Gasteiger partial charge is 0.481 e. The number of aryl methyl sites for hydroxylation is 2. The molecule has 0 radical (unpaired) electrons. The van der Waals surface area contributed by atoms with Crippen LogP contribution >= 0.6 is 0 Å². The third kappa shape index (κ3) is 2.90. The van der Waals surface area contributed by atoms with Gasteiger partial charge in [0.25, 0.3) is 0 Å². The summed E-state index contributed by atoms with van der Waals surface area (Å²) in [4.78, 5) is 14.6. The second-order valence-corrected chi connectivity index (χ2v) is 3.77. The number of benzene rings is 1. The molecule has 1 aromatic heterocycles. The van der Waals surface area contributed by atoms with Crippen LogP contribution in [0.2, 0.25) is 0 Å². The minimum absolute atomic E-state index is 0.00451. The molecule has 2 rings (SSSR count). The van der Waals surface area contributed by atoms with Crippen molar-refractivity contribution in [1.29, 1.82) is 0 Å². The molecule has 2 aromatic rings. The Morgan fingerprint density at radius 3 is 3.00 bits per heavy atom. The molecule has 0 atom stereocenters. The molecule has 0 amide bonds. The van der Waals surface area contributed by atoms with Crippen LogP contribution in [0, 0.1) is 6.92 Å². The maximum absolute atomic E-state index is 10.4. The molecule has 88 valence electrons. The molecule has 5 nitrogen and oxygen atoms in total. The van der Waals surface area contributed by atoms with Gasteiger partial charge in [0.2, 0.25) is 11.7 Å². The Hall–Kier alpha value is -2.17. The van der Waals surface area contributed by atoms with Crippen molar-refractivity contribution in [2.45, 2.75) is 19.8 Å². The summed E-state index contributed by atoms with van der Waals surface area (Å²) in [6.07, 6.45) is 0.254. The molecule has 0 aliphatic carbocycles. The highest BCUT2D eigenvalue weighted by molar-refractivity contribution is 5.66. The van der Waals surface area contributed by atoms with Gasteiger partial charge in [-0.05, 0) is 13.0 Å². The molecule has 0 spiro atoms. The van der Waals surface area contributed by atoms with E-state index in [0.717, 1.165) is 11.1 Å². The Balaban J connectivity index is 2.15. The summed E-state index contributed by atoms with van der Waals surface area (Å²) in [6.45, 7) is 1.98. The van der Waals surface area contributed by atoms with Crippen LogP contribution in [0.3, 0.4) is 0 Å². The van der Waals surface area contributed by atoms with Crippen LogP contribution in [0.4, 0.5) is 0 Å². The van der Waals surface area contributed by atoms with Crippen molar-refractivity contribution in [3.63, 3.8) is 0 Å². The number of aliphatic carboxylic acids is 1. The summed E-state index contributed by atoms with van der Waals surface area (Å²) < 4.78 is 4.98. The number of nitrogens with zero attached hydrogens (tertiary/aromatic N) is 2. The highest BCUT2D eigenvalue weighted by Crippen LogP contribution is 2.17. The Labute approximate surface area is 98.1 Å². The topological polar surface area (TPSA) is 76.2 Å². The van der Waals surface area contributed by atoms with Gasteiger partial charge >= 0.3 is 5.97 Å². The first kappa shape index (κ1) is 11.3. The van der Waals surface area contributed by atoms with Gasteiger partial charge in [0.15, 0.2) is 0 Å². The van der Waals surface area contributed by atoms with Gasteiger partial charge in [-0.2, -0.15) is 4.98 Å². The van der Waals surface area contributed by atoms with E-state index in [1.807, 2.05) is 31.2 Å². The van der Waals surface area contributed by atoms with Crippen LogP contribution in [0.5, 0.6) is 0 Å². The van der Waals surface area contributed by atoms with Gasteiger partial charge < -0.3 is 9.63 Å². The maximum Gasteiger partial charge on any atom is 0.303 e. The van der Waals surface area contributed by atoms with Crippen LogP contribution in [0.25, 0.3) is 11.4 Å². The van der Waals surface area contributed by atoms with Gasteiger partial charge in [-0.3, -0.25) is 4.79 Å². The second-order valence-electron chi connectivity index (χ2n) is 3.77. The van der Waals surface area contributed by atoms with Crippen LogP contribution in [0.1, 0.15) is 17.9 Å². The quantitative estimate of drug-likeness (QED) is 0.873. The zero-order valence-corrected chi connectivity index (χ0v) is 9.38. The van der Waals surface area contributed by atoms with Gasteiger partial charge in [-0.25, -0.2) is 0 Å². The van der Waals surface area contributed by atoms with E-state index >= 15 is 0 Å². The zero-order valence-electron chi connectivity index (χ0n) is 9.38. The average molecular weight is 232 g/mol. The first-order chi connectivity index (χ1) is 8.15. The first-order valence-corrected chi connectivity index (χ1v) is 5.26. The fourth-order valence-electron chi connectivity index (χ4n) is 1.47. The third-order valence-corrected chi connectivity index (χ3v) is 2.30. The fraction of sp³-hybridized carbons (Fsp3) is 0.250.